The molecule has 0 saturated carbocycles. The van der Waals surface area contributed by atoms with Gasteiger partial charge in [0.1, 0.15) is 0 Å². The first kappa shape index (κ1) is 18.4. The second-order valence-electron chi connectivity index (χ2n) is 8.55. The quantitative estimate of drug-likeness (QED) is 0.545. The maximum Gasteiger partial charge on any atom is 0.0370 e. The van der Waals surface area contributed by atoms with Crippen LogP contribution in [-0.2, 0) is 19.4 Å². The third kappa shape index (κ3) is 4.09. The van der Waals surface area contributed by atoms with Crippen LogP contribution in [-0.4, -0.2) is 30.1 Å². The van der Waals surface area contributed by atoms with Crippen LogP contribution < -0.4 is 4.90 Å². The fourth-order valence-corrected chi connectivity index (χ4v) is 5.03. The second kappa shape index (κ2) is 8.42. The lowest BCUT2D eigenvalue weighted by Crippen LogP contribution is -2.49. The van der Waals surface area contributed by atoms with Gasteiger partial charge in [-0.25, -0.2) is 0 Å². The van der Waals surface area contributed by atoms with Crippen molar-refractivity contribution in [1.29, 1.82) is 0 Å². The van der Waals surface area contributed by atoms with Crippen molar-refractivity contribution in [2.24, 2.45) is 0 Å². The number of benzene rings is 3. The van der Waals surface area contributed by atoms with Crippen LogP contribution in [0.25, 0.3) is 0 Å². The van der Waals surface area contributed by atoms with E-state index in [4.69, 9.17) is 0 Å². The number of hydrogen-bond donors (Lipinski definition) is 0. The van der Waals surface area contributed by atoms with E-state index < -0.39 is 0 Å². The number of anilines is 1. The van der Waals surface area contributed by atoms with Crippen LogP contribution in [0.3, 0.4) is 0 Å². The molecule has 3 aromatic rings. The SMILES string of the molecule is c1ccc(CN2CCC2CCN(c2ccccc2)C2Cc3ccccc3C2)cc1. The summed E-state index contributed by atoms with van der Waals surface area (Å²) in [5, 5.41) is 0. The molecule has 0 bridgehead atoms. The summed E-state index contributed by atoms with van der Waals surface area (Å²) in [6.07, 6.45) is 4.92. The van der Waals surface area contributed by atoms with Gasteiger partial charge in [0, 0.05) is 37.4 Å². The minimum Gasteiger partial charge on any atom is -0.368 e. The van der Waals surface area contributed by atoms with Gasteiger partial charge in [0.05, 0.1) is 0 Å². The number of fused-ring (bicyclic) bond motifs is 1. The van der Waals surface area contributed by atoms with Crippen LogP contribution in [0.2, 0.25) is 0 Å². The molecule has 0 spiro atoms. The summed E-state index contributed by atoms with van der Waals surface area (Å²) in [5.41, 5.74) is 5.88. The van der Waals surface area contributed by atoms with Gasteiger partial charge in [-0.3, -0.25) is 4.90 Å². The molecule has 0 N–H and O–H groups in total. The molecule has 0 amide bonds. The van der Waals surface area contributed by atoms with Crippen molar-refractivity contribution >= 4 is 5.69 Å². The normalized spacial score (nSPS) is 19.0. The Balaban J connectivity index is 1.26. The van der Waals surface area contributed by atoms with Crippen LogP contribution in [0.5, 0.6) is 0 Å². The summed E-state index contributed by atoms with van der Waals surface area (Å²) in [6, 6.07) is 32.2. The van der Waals surface area contributed by atoms with E-state index in [1.807, 2.05) is 0 Å². The summed E-state index contributed by atoms with van der Waals surface area (Å²) < 4.78 is 0. The highest BCUT2D eigenvalue weighted by Crippen LogP contribution is 2.31. The van der Waals surface area contributed by atoms with E-state index in [0.717, 1.165) is 13.1 Å². The standard InChI is InChI=1S/C27H30N2/c1-3-9-22(10-4-1)21-28-17-15-25(28)16-18-29(26-13-5-2-6-14-26)27-19-23-11-7-8-12-24(23)20-27/h1-14,25,27H,15-21H2. The van der Waals surface area contributed by atoms with Gasteiger partial charge in [-0.1, -0.05) is 72.8 Å². The predicted octanol–water partition coefficient (Wildman–Crippen LogP) is 5.33. The van der Waals surface area contributed by atoms with Crippen molar-refractivity contribution < 1.29 is 0 Å². The van der Waals surface area contributed by atoms with E-state index in [9.17, 15) is 0 Å². The van der Waals surface area contributed by atoms with Crippen molar-refractivity contribution in [2.45, 2.75) is 44.3 Å². The Morgan fingerprint density at radius 2 is 1.38 bits per heavy atom. The van der Waals surface area contributed by atoms with E-state index in [1.165, 1.54) is 54.6 Å². The smallest absolute Gasteiger partial charge is 0.0370 e. The highest BCUT2D eigenvalue weighted by molar-refractivity contribution is 5.49. The van der Waals surface area contributed by atoms with Gasteiger partial charge in [-0.05, 0) is 54.5 Å². The van der Waals surface area contributed by atoms with Gasteiger partial charge in [0.25, 0.3) is 0 Å². The zero-order valence-electron chi connectivity index (χ0n) is 17.1. The Kier molecular flexibility index (Phi) is 5.36. The van der Waals surface area contributed by atoms with E-state index in [-0.39, 0.29) is 0 Å². The maximum absolute atomic E-state index is 2.68. The van der Waals surface area contributed by atoms with Crippen molar-refractivity contribution in [3.8, 4) is 0 Å². The summed E-state index contributed by atoms with van der Waals surface area (Å²) in [5.74, 6) is 0. The molecule has 1 aliphatic heterocycles. The number of hydrogen-bond acceptors (Lipinski definition) is 2. The van der Waals surface area contributed by atoms with Crippen molar-refractivity contribution in [1.82, 2.24) is 4.90 Å². The minimum absolute atomic E-state index is 0.581. The van der Waals surface area contributed by atoms with Gasteiger partial charge >= 0.3 is 0 Å². The fraction of sp³-hybridized carbons (Fsp3) is 0.333. The third-order valence-electron chi connectivity index (χ3n) is 6.76. The van der Waals surface area contributed by atoms with E-state index in [0.29, 0.717) is 12.1 Å². The fourth-order valence-electron chi connectivity index (χ4n) is 5.03. The zero-order valence-corrected chi connectivity index (χ0v) is 17.1. The molecular weight excluding hydrogens is 352 g/mol. The highest BCUT2D eigenvalue weighted by Gasteiger charge is 2.31. The minimum atomic E-state index is 0.581. The van der Waals surface area contributed by atoms with Gasteiger partial charge in [0.15, 0.2) is 0 Å². The van der Waals surface area contributed by atoms with Crippen LogP contribution in [0, 0.1) is 0 Å². The van der Waals surface area contributed by atoms with Gasteiger partial charge in [-0.15, -0.1) is 0 Å². The molecule has 2 heteroatoms. The molecule has 1 unspecified atom stereocenters. The molecule has 1 saturated heterocycles. The average molecular weight is 383 g/mol. The summed E-state index contributed by atoms with van der Waals surface area (Å²) in [4.78, 5) is 5.33. The van der Waals surface area contributed by atoms with Crippen LogP contribution in [0.1, 0.15) is 29.5 Å². The van der Waals surface area contributed by atoms with Crippen molar-refractivity contribution in [3.63, 3.8) is 0 Å². The summed E-state index contributed by atoms with van der Waals surface area (Å²) >= 11 is 0. The van der Waals surface area contributed by atoms with Gasteiger partial charge < -0.3 is 4.90 Å². The maximum atomic E-state index is 2.68. The van der Waals surface area contributed by atoms with E-state index in [1.54, 1.807) is 0 Å². The van der Waals surface area contributed by atoms with E-state index in [2.05, 4.69) is 94.7 Å². The Morgan fingerprint density at radius 1 is 0.759 bits per heavy atom. The van der Waals surface area contributed by atoms with Crippen molar-refractivity contribution in [2.75, 3.05) is 18.0 Å². The van der Waals surface area contributed by atoms with Crippen LogP contribution >= 0.6 is 0 Å². The molecule has 1 aliphatic carbocycles. The predicted molar refractivity (Wildman–Crippen MR) is 121 cm³/mol. The molecular formula is C27H30N2. The van der Waals surface area contributed by atoms with Crippen LogP contribution in [0.15, 0.2) is 84.9 Å². The molecule has 2 nitrogen and oxygen atoms in total. The molecule has 3 aromatic carbocycles. The first-order valence-electron chi connectivity index (χ1n) is 11.0. The lowest BCUT2D eigenvalue weighted by atomic mass is 9.97. The number of nitrogens with zero attached hydrogens (tertiary/aromatic N) is 2. The lowest BCUT2D eigenvalue weighted by Gasteiger charge is -2.43. The Morgan fingerprint density at radius 3 is 2.00 bits per heavy atom. The molecule has 29 heavy (non-hydrogen) atoms. The number of rotatable bonds is 7. The molecule has 5 rings (SSSR count). The Bertz CT molecular complexity index is 897. The third-order valence-corrected chi connectivity index (χ3v) is 6.76. The first-order valence-corrected chi connectivity index (χ1v) is 11.0. The summed E-state index contributed by atoms with van der Waals surface area (Å²) in [7, 11) is 0. The van der Waals surface area contributed by atoms with Crippen LogP contribution in [0.4, 0.5) is 5.69 Å². The molecule has 1 heterocycles. The lowest BCUT2D eigenvalue weighted by molar-refractivity contribution is 0.0764. The Hall–Kier alpha value is -2.58. The molecule has 0 aromatic heterocycles. The molecule has 1 atom stereocenters. The molecule has 2 aliphatic rings. The monoisotopic (exact) mass is 382 g/mol. The second-order valence-corrected chi connectivity index (χ2v) is 8.55. The first-order chi connectivity index (χ1) is 14.4. The number of para-hydroxylation sites is 1. The largest absolute Gasteiger partial charge is 0.368 e. The zero-order chi connectivity index (χ0) is 19.5. The molecule has 1 fully saturated rings. The van der Waals surface area contributed by atoms with Gasteiger partial charge in [-0.2, -0.15) is 0 Å². The van der Waals surface area contributed by atoms with E-state index >= 15 is 0 Å². The average Bonchev–Trinajstić information content (AvgIpc) is 3.19. The van der Waals surface area contributed by atoms with Crippen molar-refractivity contribution in [3.05, 3.63) is 102 Å². The Labute approximate surface area is 174 Å². The summed E-state index contributed by atoms with van der Waals surface area (Å²) in [6.45, 7) is 3.46. The molecule has 0 radical (unpaired) electrons. The number of likely N-dealkylation sites (tertiary alicyclic amines) is 1. The van der Waals surface area contributed by atoms with Gasteiger partial charge in [0.2, 0.25) is 0 Å². The topological polar surface area (TPSA) is 6.48 Å². The highest BCUT2D eigenvalue weighted by atomic mass is 15.2. The molecule has 148 valence electrons.